The van der Waals surface area contributed by atoms with Gasteiger partial charge in [0, 0.05) is 19.5 Å². The van der Waals surface area contributed by atoms with Crippen LogP contribution in [0.4, 0.5) is 4.79 Å². The Morgan fingerprint density at radius 1 is 1.53 bits per heavy atom. The Morgan fingerprint density at radius 2 is 2.13 bits per heavy atom. The largest absolute Gasteiger partial charge is 0.449 e. The third-order valence-corrected chi connectivity index (χ3v) is 2.01. The van der Waals surface area contributed by atoms with Gasteiger partial charge in [-0.15, -0.1) is 0 Å². The molecule has 4 nitrogen and oxygen atoms in total. The molecular formula is C10H20N2O2S. The molecule has 2 N–H and O–H groups in total. The Labute approximate surface area is 96.8 Å². The summed E-state index contributed by atoms with van der Waals surface area (Å²) in [6.45, 7) is 7.48. The van der Waals surface area contributed by atoms with Crippen LogP contribution in [0.15, 0.2) is 0 Å². The SMILES string of the molecule is CCN(CCC(N)=S)C(=O)OCC(C)C. The van der Waals surface area contributed by atoms with Gasteiger partial charge in [-0.25, -0.2) is 4.79 Å². The number of carbonyl (C=O) groups is 1. The molecule has 0 bridgehead atoms. The molecule has 1 amide bonds. The quantitative estimate of drug-likeness (QED) is 0.709. The van der Waals surface area contributed by atoms with Gasteiger partial charge in [0.1, 0.15) is 0 Å². The summed E-state index contributed by atoms with van der Waals surface area (Å²) < 4.78 is 5.09. The van der Waals surface area contributed by atoms with Crippen molar-refractivity contribution in [3.05, 3.63) is 0 Å². The molecule has 5 heteroatoms. The van der Waals surface area contributed by atoms with Gasteiger partial charge < -0.3 is 15.4 Å². The molecule has 0 unspecified atom stereocenters. The van der Waals surface area contributed by atoms with E-state index in [1.54, 1.807) is 4.90 Å². The zero-order chi connectivity index (χ0) is 11.8. The Kier molecular flexibility index (Phi) is 7.03. The van der Waals surface area contributed by atoms with E-state index in [0.29, 0.717) is 37.0 Å². The minimum Gasteiger partial charge on any atom is -0.449 e. The van der Waals surface area contributed by atoms with Crippen LogP contribution in [0.2, 0.25) is 0 Å². The first-order valence-corrected chi connectivity index (χ1v) is 5.58. The Morgan fingerprint density at radius 3 is 2.53 bits per heavy atom. The van der Waals surface area contributed by atoms with Crippen molar-refractivity contribution in [2.45, 2.75) is 27.2 Å². The average Bonchev–Trinajstić information content (AvgIpc) is 2.15. The molecule has 15 heavy (non-hydrogen) atoms. The second kappa shape index (κ2) is 7.45. The van der Waals surface area contributed by atoms with E-state index in [4.69, 9.17) is 22.7 Å². The molecule has 0 saturated carbocycles. The van der Waals surface area contributed by atoms with Crippen molar-refractivity contribution in [1.82, 2.24) is 4.90 Å². The number of rotatable bonds is 6. The van der Waals surface area contributed by atoms with Crippen LogP contribution in [-0.2, 0) is 4.74 Å². The van der Waals surface area contributed by atoms with Crippen molar-refractivity contribution in [1.29, 1.82) is 0 Å². The predicted molar refractivity (Wildman–Crippen MR) is 64.8 cm³/mol. The smallest absolute Gasteiger partial charge is 0.409 e. The van der Waals surface area contributed by atoms with Crippen LogP contribution in [0, 0.1) is 5.92 Å². The third-order valence-electron chi connectivity index (χ3n) is 1.81. The second-order valence-corrected chi connectivity index (χ2v) is 4.29. The van der Waals surface area contributed by atoms with E-state index in [-0.39, 0.29) is 6.09 Å². The van der Waals surface area contributed by atoms with Gasteiger partial charge in [-0.2, -0.15) is 0 Å². The first kappa shape index (κ1) is 14.2. The fourth-order valence-electron chi connectivity index (χ4n) is 0.953. The van der Waals surface area contributed by atoms with Crippen LogP contribution >= 0.6 is 12.2 Å². The average molecular weight is 232 g/mol. The molecule has 0 aliphatic heterocycles. The Balaban J connectivity index is 3.93. The molecule has 0 saturated heterocycles. The summed E-state index contributed by atoms with van der Waals surface area (Å²) in [6.07, 6.45) is 0.252. The number of carbonyl (C=O) groups excluding carboxylic acids is 1. The van der Waals surface area contributed by atoms with Crippen LogP contribution in [0.3, 0.4) is 0 Å². The van der Waals surface area contributed by atoms with E-state index >= 15 is 0 Å². The highest BCUT2D eigenvalue weighted by molar-refractivity contribution is 7.80. The fraction of sp³-hybridized carbons (Fsp3) is 0.800. The fourth-order valence-corrected chi connectivity index (χ4v) is 1.04. The van der Waals surface area contributed by atoms with Crippen molar-refractivity contribution in [3.63, 3.8) is 0 Å². The highest BCUT2D eigenvalue weighted by Crippen LogP contribution is 2.00. The topological polar surface area (TPSA) is 55.6 Å². The number of hydrogen-bond donors (Lipinski definition) is 1. The molecule has 0 heterocycles. The highest BCUT2D eigenvalue weighted by Gasteiger charge is 2.13. The summed E-state index contributed by atoms with van der Waals surface area (Å²) in [4.78, 5) is 13.5. The van der Waals surface area contributed by atoms with Crippen LogP contribution in [0.25, 0.3) is 0 Å². The third kappa shape index (κ3) is 7.13. The maximum atomic E-state index is 11.5. The van der Waals surface area contributed by atoms with Crippen LogP contribution < -0.4 is 5.73 Å². The van der Waals surface area contributed by atoms with E-state index in [0.717, 1.165) is 0 Å². The molecule has 0 atom stereocenters. The van der Waals surface area contributed by atoms with Crippen LogP contribution in [0.1, 0.15) is 27.2 Å². The molecule has 0 aliphatic rings. The zero-order valence-corrected chi connectivity index (χ0v) is 10.5. The Bertz CT molecular complexity index is 219. The lowest BCUT2D eigenvalue weighted by atomic mass is 10.2. The Hall–Kier alpha value is -0.840. The lowest BCUT2D eigenvalue weighted by Crippen LogP contribution is -2.34. The van der Waals surface area contributed by atoms with Crippen molar-refractivity contribution >= 4 is 23.3 Å². The second-order valence-electron chi connectivity index (χ2n) is 3.77. The molecule has 0 rings (SSSR count). The molecule has 0 spiro atoms. The molecule has 0 fully saturated rings. The number of amides is 1. The van der Waals surface area contributed by atoms with Gasteiger partial charge in [0.2, 0.25) is 0 Å². The molecule has 0 aliphatic carbocycles. The number of hydrogen-bond acceptors (Lipinski definition) is 3. The molecule has 0 aromatic heterocycles. The van der Waals surface area contributed by atoms with Gasteiger partial charge in [0.25, 0.3) is 0 Å². The summed E-state index contributed by atoms with van der Waals surface area (Å²) in [6, 6.07) is 0. The van der Waals surface area contributed by atoms with Gasteiger partial charge in [0.05, 0.1) is 11.6 Å². The van der Waals surface area contributed by atoms with Crippen molar-refractivity contribution < 1.29 is 9.53 Å². The van der Waals surface area contributed by atoms with Gasteiger partial charge in [-0.3, -0.25) is 0 Å². The van der Waals surface area contributed by atoms with E-state index < -0.39 is 0 Å². The first-order valence-electron chi connectivity index (χ1n) is 5.17. The molecule has 0 aromatic carbocycles. The summed E-state index contributed by atoms with van der Waals surface area (Å²) >= 11 is 4.75. The van der Waals surface area contributed by atoms with Crippen molar-refractivity contribution in [2.75, 3.05) is 19.7 Å². The minimum atomic E-state index is -0.289. The van der Waals surface area contributed by atoms with Gasteiger partial charge in [-0.05, 0) is 12.8 Å². The number of thiocarbonyl (C=S) groups is 1. The monoisotopic (exact) mass is 232 g/mol. The maximum Gasteiger partial charge on any atom is 0.409 e. The normalized spacial score (nSPS) is 10.1. The van der Waals surface area contributed by atoms with Gasteiger partial charge in [-0.1, -0.05) is 26.1 Å². The number of nitrogens with zero attached hydrogens (tertiary/aromatic N) is 1. The number of nitrogens with two attached hydrogens (primary N) is 1. The highest BCUT2D eigenvalue weighted by atomic mass is 32.1. The summed E-state index contributed by atoms with van der Waals surface area (Å²) in [5, 5.41) is 0. The van der Waals surface area contributed by atoms with E-state index in [1.807, 2.05) is 20.8 Å². The zero-order valence-electron chi connectivity index (χ0n) is 9.66. The van der Waals surface area contributed by atoms with Gasteiger partial charge in [0.15, 0.2) is 0 Å². The van der Waals surface area contributed by atoms with E-state index in [9.17, 15) is 4.79 Å². The first-order chi connectivity index (χ1) is 6.97. The predicted octanol–water partition coefficient (Wildman–Crippen LogP) is 1.78. The minimum absolute atomic E-state index is 0.289. The van der Waals surface area contributed by atoms with Crippen LogP contribution in [-0.4, -0.2) is 35.7 Å². The maximum absolute atomic E-state index is 11.5. The lowest BCUT2D eigenvalue weighted by Gasteiger charge is -2.20. The van der Waals surface area contributed by atoms with Gasteiger partial charge >= 0.3 is 6.09 Å². The lowest BCUT2D eigenvalue weighted by molar-refractivity contribution is 0.0946. The molecule has 0 aromatic rings. The summed E-state index contributed by atoms with van der Waals surface area (Å²) in [5.74, 6) is 0.350. The molecule has 0 radical (unpaired) electrons. The molecular weight excluding hydrogens is 212 g/mol. The van der Waals surface area contributed by atoms with E-state index in [2.05, 4.69) is 0 Å². The van der Waals surface area contributed by atoms with Crippen LogP contribution in [0.5, 0.6) is 0 Å². The summed E-state index contributed by atoms with van der Waals surface area (Å²) in [5.41, 5.74) is 5.37. The number of ether oxygens (including phenoxy) is 1. The van der Waals surface area contributed by atoms with Crippen molar-refractivity contribution in [3.8, 4) is 0 Å². The molecule has 88 valence electrons. The van der Waals surface area contributed by atoms with Crippen molar-refractivity contribution in [2.24, 2.45) is 11.7 Å². The standard InChI is InChI=1S/C10H20N2O2S/c1-4-12(6-5-9(11)15)10(13)14-7-8(2)3/h8H,4-7H2,1-3H3,(H2,11,15). The summed E-state index contributed by atoms with van der Waals surface area (Å²) in [7, 11) is 0. The van der Waals surface area contributed by atoms with E-state index in [1.165, 1.54) is 0 Å².